The van der Waals surface area contributed by atoms with Crippen molar-refractivity contribution in [1.29, 1.82) is 0 Å². The number of hydrogen-bond acceptors (Lipinski definition) is 2. The summed E-state index contributed by atoms with van der Waals surface area (Å²) in [5.41, 5.74) is 6.01. The van der Waals surface area contributed by atoms with Crippen molar-refractivity contribution in [3.8, 4) is 0 Å². The lowest BCUT2D eigenvalue weighted by Gasteiger charge is -2.11. The summed E-state index contributed by atoms with van der Waals surface area (Å²) in [7, 11) is 0. The van der Waals surface area contributed by atoms with Gasteiger partial charge in [0.2, 0.25) is 0 Å². The van der Waals surface area contributed by atoms with Gasteiger partial charge in [-0.05, 0) is 25.7 Å². The number of hydrogen-bond donors (Lipinski definition) is 1. The SMILES string of the molecule is NCC1(COC2CC2)CC1. The summed E-state index contributed by atoms with van der Waals surface area (Å²) in [6.07, 6.45) is 5.73. The van der Waals surface area contributed by atoms with Crippen molar-refractivity contribution in [2.24, 2.45) is 11.1 Å². The van der Waals surface area contributed by atoms with Gasteiger partial charge in [-0.1, -0.05) is 0 Å². The van der Waals surface area contributed by atoms with Crippen LogP contribution in [0.2, 0.25) is 0 Å². The molecule has 0 aromatic carbocycles. The van der Waals surface area contributed by atoms with Crippen molar-refractivity contribution in [2.75, 3.05) is 13.2 Å². The average molecular weight is 141 g/mol. The van der Waals surface area contributed by atoms with E-state index in [4.69, 9.17) is 10.5 Å². The van der Waals surface area contributed by atoms with Crippen molar-refractivity contribution in [2.45, 2.75) is 31.8 Å². The Labute approximate surface area is 61.7 Å². The Hall–Kier alpha value is -0.0800. The molecule has 0 aromatic rings. The van der Waals surface area contributed by atoms with E-state index >= 15 is 0 Å². The van der Waals surface area contributed by atoms with Gasteiger partial charge in [-0.25, -0.2) is 0 Å². The smallest absolute Gasteiger partial charge is 0.0577 e. The number of nitrogens with two attached hydrogens (primary N) is 1. The van der Waals surface area contributed by atoms with Crippen LogP contribution < -0.4 is 5.73 Å². The first-order chi connectivity index (χ1) is 4.85. The molecule has 0 aliphatic heterocycles. The molecule has 0 bridgehead atoms. The summed E-state index contributed by atoms with van der Waals surface area (Å²) >= 11 is 0. The highest BCUT2D eigenvalue weighted by Crippen LogP contribution is 2.45. The fourth-order valence-corrected chi connectivity index (χ4v) is 1.11. The van der Waals surface area contributed by atoms with Crippen LogP contribution in [-0.2, 0) is 4.74 Å². The van der Waals surface area contributed by atoms with Crippen LogP contribution in [0.15, 0.2) is 0 Å². The van der Waals surface area contributed by atoms with Crippen LogP contribution >= 0.6 is 0 Å². The molecule has 2 aliphatic carbocycles. The summed E-state index contributed by atoms with van der Waals surface area (Å²) in [6.45, 7) is 1.74. The molecule has 0 aromatic heterocycles. The Morgan fingerprint density at radius 1 is 1.40 bits per heavy atom. The van der Waals surface area contributed by atoms with Gasteiger partial charge in [0.25, 0.3) is 0 Å². The van der Waals surface area contributed by atoms with Gasteiger partial charge in [-0.2, -0.15) is 0 Å². The third-order valence-electron chi connectivity index (χ3n) is 2.54. The van der Waals surface area contributed by atoms with E-state index in [1.54, 1.807) is 0 Å². The summed E-state index contributed by atoms with van der Waals surface area (Å²) in [5, 5.41) is 0. The maximum Gasteiger partial charge on any atom is 0.0577 e. The third kappa shape index (κ3) is 1.32. The molecule has 2 saturated carbocycles. The molecule has 2 heteroatoms. The fourth-order valence-electron chi connectivity index (χ4n) is 1.11. The van der Waals surface area contributed by atoms with E-state index in [1.807, 2.05) is 0 Å². The second kappa shape index (κ2) is 2.21. The molecule has 0 unspecified atom stereocenters. The molecule has 0 spiro atoms. The van der Waals surface area contributed by atoms with Gasteiger partial charge in [0, 0.05) is 12.0 Å². The Kier molecular flexibility index (Phi) is 1.46. The topological polar surface area (TPSA) is 35.2 Å². The highest BCUT2D eigenvalue weighted by molar-refractivity contribution is 4.94. The van der Waals surface area contributed by atoms with Crippen LogP contribution in [0.4, 0.5) is 0 Å². The molecule has 2 fully saturated rings. The first-order valence-electron chi connectivity index (χ1n) is 4.16. The molecule has 2 rings (SSSR count). The first kappa shape index (κ1) is 6.62. The minimum Gasteiger partial charge on any atom is -0.378 e. The molecule has 0 saturated heterocycles. The van der Waals surface area contributed by atoms with Gasteiger partial charge in [0.15, 0.2) is 0 Å². The highest BCUT2D eigenvalue weighted by Gasteiger charge is 2.42. The van der Waals surface area contributed by atoms with Gasteiger partial charge in [-0.3, -0.25) is 0 Å². The van der Waals surface area contributed by atoms with Gasteiger partial charge in [0.05, 0.1) is 12.7 Å². The lowest BCUT2D eigenvalue weighted by molar-refractivity contribution is 0.0800. The van der Waals surface area contributed by atoms with Crippen LogP contribution in [0, 0.1) is 5.41 Å². The molecular formula is C8H15NO. The summed E-state index contributed by atoms with van der Waals surface area (Å²) < 4.78 is 5.59. The Morgan fingerprint density at radius 2 is 2.10 bits per heavy atom. The van der Waals surface area contributed by atoms with E-state index in [-0.39, 0.29) is 0 Å². The molecule has 0 atom stereocenters. The number of rotatable bonds is 4. The van der Waals surface area contributed by atoms with Crippen LogP contribution in [0.3, 0.4) is 0 Å². The minimum atomic E-state index is 0.419. The standard InChI is InChI=1S/C8H15NO/c9-5-8(3-4-8)6-10-7-1-2-7/h7H,1-6,9H2. The first-order valence-corrected chi connectivity index (χ1v) is 4.16. The zero-order valence-corrected chi connectivity index (χ0v) is 6.31. The van der Waals surface area contributed by atoms with E-state index in [0.29, 0.717) is 11.5 Å². The van der Waals surface area contributed by atoms with Gasteiger partial charge in [-0.15, -0.1) is 0 Å². The minimum absolute atomic E-state index is 0.419. The summed E-state index contributed by atoms with van der Waals surface area (Å²) in [6, 6.07) is 0. The van der Waals surface area contributed by atoms with E-state index in [1.165, 1.54) is 25.7 Å². The lowest BCUT2D eigenvalue weighted by Crippen LogP contribution is -2.21. The van der Waals surface area contributed by atoms with Crippen LogP contribution in [0.25, 0.3) is 0 Å². The molecule has 2 N–H and O–H groups in total. The van der Waals surface area contributed by atoms with Crippen molar-refractivity contribution in [1.82, 2.24) is 0 Å². The Balaban J connectivity index is 1.68. The highest BCUT2D eigenvalue weighted by atomic mass is 16.5. The van der Waals surface area contributed by atoms with Crippen molar-refractivity contribution >= 4 is 0 Å². The van der Waals surface area contributed by atoms with Gasteiger partial charge in [0.1, 0.15) is 0 Å². The van der Waals surface area contributed by atoms with Crippen molar-refractivity contribution in [3.05, 3.63) is 0 Å². The Bertz CT molecular complexity index is 127. The summed E-state index contributed by atoms with van der Waals surface area (Å²) in [4.78, 5) is 0. The quantitative estimate of drug-likeness (QED) is 0.631. The van der Waals surface area contributed by atoms with Crippen molar-refractivity contribution < 1.29 is 4.74 Å². The third-order valence-corrected chi connectivity index (χ3v) is 2.54. The molecule has 0 radical (unpaired) electrons. The predicted molar refractivity (Wildman–Crippen MR) is 39.7 cm³/mol. The summed E-state index contributed by atoms with van der Waals surface area (Å²) in [5.74, 6) is 0. The van der Waals surface area contributed by atoms with Crippen LogP contribution in [-0.4, -0.2) is 19.3 Å². The number of ether oxygens (including phenoxy) is 1. The fraction of sp³-hybridized carbons (Fsp3) is 1.00. The van der Waals surface area contributed by atoms with E-state index in [9.17, 15) is 0 Å². The predicted octanol–water partition coefficient (Wildman–Crippen LogP) is 0.904. The molecule has 2 nitrogen and oxygen atoms in total. The van der Waals surface area contributed by atoms with E-state index in [0.717, 1.165) is 13.2 Å². The second-order valence-electron chi connectivity index (χ2n) is 3.71. The molecule has 0 heterocycles. The molecule has 0 amide bonds. The zero-order chi connectivity index (χ0) is 7.03. The zero-order valence-electron chi connectivity index (χ0n) is 6.31. The van der Waals surface area contributed by atoms with E-state index < -0.39 is 0 Å². The van der Waals surface area contributed by atoms with Crippen molar-refractivity contribution in [3.63, 3.8) is 0 Å². The largest absolute Gasteiger partial charge is 0.378 e. The molecule has 2 aliphatic rings. The molecular weight excluding hydrogens is 126 g/mol. The second-order valence-corrected chi connectivity index (χ2v) is 3.71. The maximum absolute atomic E-state index is 5.60. The van der Waals surface area contributed by atoms with Gasteiger partial charge < -0.3 is 10.5 Å². The lowest BCUT2D eigenvalue weighted by atomic mass is 10.1. The average Bonchev–Trinajstić information content (AvgIpc) is 2.83. The maximum atomic E-state index is 5.60. The monoisotopic (exact) mass is 141 g/mol. The molecule has 10 heavy (non-hydrogen) atoms. The molecule has 58 valence electrons. The normalized spacial score (nSPS) is 28.5. The Morgan fingerprint density at radius 3 is 2.50 bits per heavy atom. The van der Waals surface area contributed by atoms with E-state index in [2.05, 4.69) is 0 Å². The van der Waals surface area contributed by atoms with Crippen LogP contribution in [0.1, 0.15) is 25.7 Å². The van der Waals surface area contributed by atoms with Gasteiger partial charge >= 0.3 is 0 Å². The van der Waals surface area contributed by atoms with Crippen LogP contribution in [0.5, 0.6) is 0 Å².